The fourth-order valence-electron chi connectivity index (χ4n) is 4.91. The summed E-state index contributed by atoms with van der Waals surface area (Å²) >= 11 is 0. The molecule has 2 aromatic rings. The number of carbonyl (C=O) groups is 2. The van der Waals surface area contributed by atoms with Crippen molar-refractivity contribution in [1.29, 1.82) is 0 Å². The van der Waals surface area contributed by atoms with Crippen LogP contribution in [0.25, 0.3) is 0 Å². The molecular formula is C25H30FN3O2. The van der Waals surface area contributed by atoms with Gasteiger partial charge in [-0.2, -0.15) is 0 Å². The molecule has 1 saturated carbocycles. The van der Waals surface area contributed by atoms with Gasteiger partial charge in [0.25, 0.3) is 0 Å². The molecule has 2 N–H and O–H groups in total. The van der Waals surface area contributed by atoms with Gasteiger partial charge in [-0.05, 0) is 48.1 Å². The van der Waals surface area contributed by atoms with Gasteiger partial charge in [0.05, 0.1) is 5.69 Å². The Kier molecular flexibility index (Phi) is 6.54. The largest absolute Gasteiger partial charge is 0.338 e. The van der Waals surface area contributed by atoms with Gasteiger partial charge < -0.3 is 15.5 Å². The molecule has 31 heavy (non-hydrogen) atoms. The second-order valence-corrected chi connectivity index (χ2v) is 8.80. The Morgan fingerprint density at radius 1 is 1.06 bits per heavy atom. The van der Waals surface area contributed by atoms with E-state index in [-0.39, 0.29) is 17.5 Å². The minimum Gasteiger partial charge on any atom is -0.338 e. The van der Waals surface area contributed by atoms with Gasteiger partial charge in [0.15, 0.2) is 0 Å². The number of anilines is 2. The van der Waals surface area contributed by atoms with Crippen LogP contribution in [-0.2, 0) is 17.8 Å². The number of nitrogens with zero attached hydrogens (tertiary/aromatic N) is 1. The number of urea groups is 1. The van der Waals surface area contributed by atoms with Crippen LogP contribution in [0.2, 0.25) is 0 Å². The predicted molar refractivity (Wildman–Crippen MR) is 120 cm³/mol. The number of nitrogens with one attached hydrogen (secondary N) is 2. The number of hydrogen-bond donors (Lipinski definition) is 2. The Morgan fingerprint density at radius 3 is 2.55 bits per heavy atom. The number of rotatable bonds is 5. The summed E-state index contributed by atoms with van der Waals surface area (Å²) in [5.74, 6) is 0.499. The molecule has 1 aliphatic heterocycles. The summed E-state index contributed by atoms with van der Waals surface area (Å²) in [6.07, 6.45) is 6.77. The zero-order valence-electron chi connectivity index (χ0n) is 18.0. The number of benzene rings is 2. The van der Waals surface area contributed by atoms with Gasteiger partial charge in [-0.25, -0.2) is 9.18 Å². The van der Waals surface area contributed by atoms with E-state index >= 15 is 0 Å². The van der Waals surface area contributed by atoms with E-state index in [1.165, 1.54) is 37.8 Å². The lowest BCUT2D eigenvalue weighted by molar-refractivity contribution is -0.136. The van der Waals surface area contributed by atoms with E-state index < -0.39 is 11.8 Å². The molecule has 0 saturated heterocycles. The average molecular weight is 424 g/mol. The van der Waals surface area contributed by atoms with Crippen molar-refractivity contribution in [3.63, 3.8) is 0 Å². The van der Waals surface area contributed by atoms with E-state index in [1.54, 1.807) is 12.1 Å². The minimum absolute atomic E-state index is 0.0532. The average Bonchev–Trinajstić information content (AvgIpc) is 3.27. The molecule has 2 aromatic carbocycles. The van der Waals surface area contributed by atoms with Crippen molar-refractivity contribution in [2.45, 2.75) is 52.0 Å². The summed E-state index contributed by atoms with van der Waals surface area (Å²) in [7, 11) is 0. The summed E-state index contributed by atoms with van der Waals surface area (Å²) in [5, 5.41) is 5.39. The fourth-order valence-corrected chi connectivity index (χ4v) is 4.91. The van der Waals surface area contributed by atoms with Crippen LogP contribution in [0, 0.1) is 17.7 Å². The minimum atomic E-state index is -0.484. The Morgan fingerprint density at radius 2 is 1.77 bits per heavy atom. The van der Waals surface area contributed by atoms with E-state index in [9.17, 15) is 14.0 Å². The first-order chi connectivity index (χ1) is 15.0. The Hall–Kier alpha value is -2.89. The fraction of sp³-hybridized carbons (Fsp3) is 0.440. The molecule has 0 bridgehead atoms. The molecule has 0 spiro atoms. The lowest BCUT2D eigenvalue weighted by Gasteiger charge is -2.32. The maximum absolute atomic E-state index is 13.8. The van der Waals surface area contributed by atoms with Crippen LogP contribution in [0.4, 0.5) is 20.6 Å². The smallest absolute Gasteiger partial charge is 0.323 e. The summed E-state index contributed by atoms with van der Waals surface area (Å²) in [5.41, 5.74) is 2.94. The number of para-hydroxylation sites is 1. The topological polar surface area (TPSA) is 61.4 Å². The van der Waals surface area contributed by atoms with E-state index in [1.807, 2.05) is 23.1 Å². The van der Waals surface area contributed by atoms with Crippen molar-refractivity contribution in [1.82, 2.24) is 4.90 Å². The zero-order valence-corrected chi connectivity index (χ0v) is 18.0. The molecule has 5 nitrogen and oxygen atoms in total. The van der Waals surface area contributed by atoms with Crippen LogP contribution in [0.1, 0.15) is 50.2 Å². The van der Waals surface area contributed by atoms with Gasteiger partial charge in [0.2, 0.25) is 5.91 Å². The Labute approximate surface area is 183 Å². The molecule has 1 fully saturated rings. The van der Waals surface area contributed by atoms with E-state index in [2.05, 4.69) is 17.6 Å². The summed E-state index contributed by atoms with van der Waals surface area (Å²) in [6, 6.07) is 11.3. The highest BCUT2D eigenvalue weighted by Crippen LogP contribution is 2.32. The Bertz CT molecular complexity index is 956. The number of fused-ring (bicyclic) bond motifs is 1. The molecule has 0 radical (unpaired) electrons. The maximum atomic E-state index is 13.8. The number of halogens is 1. The molecule has 0 aromatic heterocycles. The van der Waals surface area contributed by atoms with Crippen molar-refractivity contribution in [3.05, 3.63) is 59.4 Å². The van der Waals surface area contributed by atoms with E-state index in [4.69, 9.17) is 0 Å². The summed E-state index contributed by atoms with van der Waals surface area (Å²) in [4.78, 5) is 27.3. The molecule has 6 heteroatoms. The van der Waals surface area contributed by atoms with Crippen LogP contribution >= 0.6 is 0 Å². The van der Waals surface area contributed by atoms with Crippen molar-refractivity contribution in [2.24, 2.45) is 11.8 Å². The molecular weight excluding hydrogens is 393 g/mol. The molecule has 2 aliphatic rings. The standard InChI is InChI=1S/C25H30FN3O2/c1-17(15-18-7-2-3-8-18)24(30)29-14-13-20-19(16-29)9-6-12-22(20)27-25(31)28-23-11-5-4-10-21(23)26/h4-6,9-12,17-18H,2-3,7-8,13-16H2,1H3,(H2,27,28,31). The molecule has 4 rings (SSSR count). The van der Waals surface area contributed by atoms with E-state index in [0.717, 1.165) is 17.5 Å². The van der Waals surface area contributed by atoms with Crippen molar-refractivity contribution < 1.29 is 14.0 Å². The van der Waals surface area contributed by atoms with Gasteiger partial charge in [0.1, 0.15) is 5.82 Å². The van der Waals surface area contributed by atoms with Crippen molar-refractivity contribution in [3.8, 4) is 0 Å². The molecule has 3 amide bonds. The predicted octanol–water partition coefficient (Wildman–Crippen LogP) is 5.57. The van der Waals surface area contributed by atoms with Crippen LogP contribution in [-0.4, -0.2) is 23.4 Å². The number of amides is 3. The van der Waals surface area contributed by atoms with Gasteiger partial charge in [-0.3, -0.25) is 4.79 Å². The maximum Gasteiger partial charge on any atom is 0.323 e. The highest BCUT2D eigenvalue weighted by Gasteiger charge is 2.28. The third kappa shape index (κ3) is 5.06. The molecule has 1 atom stereocenters. The SMILES string of the molecule is CC(CC1CCCC1)C(=O)N1CCc2c(cccc2NC(=O)Nc2ccccc2F)C1. The van der Waals surface area contributed by atoms with Crippen LogP contribution in [0.3, 0.4) is 0 Å². The quantitative estimate of drug-likeness (QED) is 0.660. The van der Waals surface area contributed by atoms with Crippen LogP contribution in [0.15, 0.2) is 42.5 Å². The third-order valence-electron chi connectivity index (χ3n) is 6.53. The molecule has 164 valence electrons. The second kappa shape index (κ2) is 9.50. The van der Waals surface area contributed by atoms with Crippen LogP contribution < -0.4 is 10.6 Å². The first kappa shape index (κ1) is 21.3. The number of carbonyl (C=O) groups excluding carboxylic acids is 2. The normalized spacial score (nSPS) is 17.2. The number of hydrogen-bond acceptors (Lipinski definition) is 2. The highest BCUT2D eigenvalue weighted by atomic mass is 19.1. The molecule has 1 aliphatic carbocycles. The highest BCUT2D eigenvalue weighted by molar-refractivity contribution is 6.00. The van der Waals surface area contributed by atoms with E-state index in [0.29, 0.717) is 31.1 Å². The van der Waals surface area contributed by atoms with Gasteiger partial charge in [-0.1, -0.05) is 56.9 Å². The zero-order chi connectivity index (χ0) is 21.8. The molecule has 1 unspecified atom stereocenters. The monoisotopic (exact) mass is 423 g/mol. The summed E-state index contributed by atoms with van der Waals surface area (Å²) < 4.78 is 13.8. The lowest BCUT2D eigenvalue weighted by Crippen LogP contribution is -2.39. The van der Waals surface area contributed by atoms with Gasteiger partial charge in [0, 0.05) is 24.7 Å². The first-order valence-corrected chi connectivity index (χ1v) is 11.2. The van der Waals surface area contributed by atoms with Gasteiger partial charge >= 0.3 is 6.03 Å². The van der Waals surface area contributed by atoms with Crippen molar-refractivity contribution in [2.75, 3.05) is 17.2 Å². The Balaban J connectivity index is 1.39. The molecule has 1 heterocycles. The first-order valence-electron chi connectivity index (χ1n) is 11.2. The lowest BCUT2D eigenvalue weighted by atomic mass is 9.92. The second-order valence-electron chi connectivity index (χ2n) is 8.80. The van der Waals surface area contributed by atoms with Gasteiger partial charge in [-0.15, -0.1) is 0 Å². The summed E-state index contributed by atoms with van der Waals surface area (Å²) in [6.45, 7) is 3.27. The third-order valence-corrected chi connectivity index (χ3v) is 6.53. The van der Waals surface area contributed by atoms with Crippen molar-refractivity contribution >= 4 is 23.3 Å². The van der Waals surface area contributed by atoms with Crippen LogP contribution in [0.5, 0.6) is 0 Å².